The molecule has 0 bridgehead atoms. The van der Waals surface area contributed by atoms with Gasteiger partial charge in [-0.1, -0.05) is 13.8 Å². The van der Waals surface area contributed by atoms with Crippen LogP contribution in [0.15, 0.2) is 34.1 Å². The first-order chi connectivity index (χ1) is 9.40. The predicted octanol–water partition coefficient (Wildman–Crippen LogP) is 1.12. The highest BCUT2D eigenvalue weighted by Gasteiger charge is 2.27. The number of rotatable bonds is 6. The summed E-state index contributed by atoms with van der Waals surface area (Å²) in [6, 6.07) is 5.20. The average Bonchev–Trinajstić information content (AvgIpc) is 2.37. The van der Waals surface area contributed by atoms with E-state index in [2.05, 4.69) is 0 Å². The highest BCUT2D eigenvalue weighted by Crippen LogP contribution is 2.21. The molecule has 0 heterocycles. The minimum atomic E-state index is -3.66. The third-order valence-electron chi connectivity index (χ3n) is 3.16. The second kappa shape index (κ2) is 7.27. The highest BCUT2D eigenvalue weighted by molar-refractivity contribution is 7.90. The lowest BCUT2D eigenvalue weighted by molar-refractivity contribution is 0.292. The van der Waals surface area contributed by atoms with Gasteiger partial charge in [0.05, 0.1) is 9.79 Å². The van der Waals surface area contributed by atoms with Gasteiger partial charge in [-0.3, -0.25) is 0 Å². The number of benzene rings is 1. The van der Waals surface area contributed by atoms with Gasteiger partial charge in [-0.2, -0.15) is 0 Å². The Bertz CT molecular complexity index is 698. The number of sulfonamides is 1. The molecule has 0 amide bonds. The van der Waals surface area contributed by atoms with Gasteiger partial charge in [0.15, 0.2) is 9.84 Å². The average molecular weight is 371 g/mol. The predicted molar refractivity (Wildman–Crippen MR) is 89.5 cm³/mol. The van der Waals surface area contributed by atoms with Gasteiger partial charge in [-0.05, 0) is 36.2 Å². The van der Waals surface area contributed by atoms with Gasteiger partial charge in [-0.15, -0.1) is 12.4 Å². The molecule has 0 fully saturated rings. The van der Waals surface area contributed by atoms with Crippen molar-refractivity contribution in [2.45, 2.75) is 23.6 Å². The van der Waals surface area contributed by atoms with Gasteiger partial charge in [0.1, 0.15) is 0 Å². The maximum atomic E-state index is 12.4. The summed E-state index contributed by atoms with van der Waals surface area (Å²) < 4.78 is 48.8. The Labute approximate surface area is 139 Å². The van der Waals surface area contributed by atoms with Crippen LogP contribution in [0.3, 0.4) is 0 Å². The van der Waals surface area contributed by atoms with E-state index in [1.807, 2.05) is 13.8 Å². The normalized spacial score (nSPS) is 13.0. The minimum Gasteiger partial charge on any atom is -0.330 e. The number of sulfone groups is 1. The van der Waals surface area contributed by atoms with Crippen molar-refractivity contribution in [1.29, 1.82) is 0 Å². The first-order valence-corrected chi connectivity index (χ1v) is 9.70. The second-order valence-corrected chi connectivity index (χ2v) is 9.93. The molecule has 0 aliphatic rings. The molecule has 0 spiro atoms. The monoisotopic (exact) mass is 370 g/mol. The molecule has 0 aliphatic heterocycles. The Morgan fingerprint density at radius 3 is 1.82 bits per heavy atom. The summed E-state index contributed by atoms with van der Waals surface area (Å²) in [5.41, 5.74) is 5.28. The van der Waals surface area contributed by atoms with Crippen LogP contribution in [-0.2, 0) is 19.9 Å². The highest BCUT2D eigenvalue weighted by atomic mass is 35.5. The molecular weight excluding hydrogens is 348 g/mol. The largest absolute Gasteiger partial charge is 0.330 e. The number of nitrogens with zero attached hydrogens (tertiary/aromatic N) is 1. The summed E-state index contributed by atoms with van der Waals surface area (Å²) in [5.74, 6) is 0. The molecule has 0 radical (unpaired) electrons. The zero-order valence-electron chi connectivity index (χ0n) is 13.1. The Morgan fingerprint density at radius 2 is 1.45 bits per heavy atom. The molecule has 2 N–H and O–H groups in total. The van der Waals surface area contributed by atoms with Crippen molar-refractivity contribution in [2.24, 2.45) is 11.1 Å². The molecule has 0 saturated carbocycles. The molecule has 9 heteroatoms. The summed E-state index contributed by atoms with van der Waals surface area (Å²) in [6.07, 6.45) is 1.08. The van der Waals surface area contributed by atoms with Gasteiger partial charge < -0.3 is 5.73 Å². The maximum Gasteiger partial charge on any atom is 0.242 e. The fourth-order valence-electron chi connectivity index (χ4n) is 1.79. The Kier molecular flexibility index (Phi) is 7.05. The zero-order valence-corrected chi connectivity index (χ0v) is 15.6. The molecule has 0 aliphatic carbocycles. The van der Waals surface area contributed by atoms with Gasteiger partial charge >= 0.3 is 0 Å². The van der Waals surface area contributed by atoms with E-state index in [1.165, 1.54) is 35.6 Å². The van der Waals surface area contributed by atoms with E-state index in [0.29, 0.717) is 6.54 Å². The van der Waals surface area contributed by atoms with Crippen molar-refractivity contribution in [3.05, 3.63) is 24.3 Å². The molecule has 1 aromatic carbocycles. The van der Waals surface area contributed by atoms with E-state index in [4.69, 9.17) is 5.73 Å². The van der Waals surface area contributed by atoms with E-state index in [9.17, 15) is 16.8 Å². The fraction of sp³-hybridized carbons (Fsp3) is 0.538. The van der Waals surface area contributed by atoms with Crippen LogP contribution in [0.25, 0.3) is 0 Å². The molecule has 0 saturated heterocycles. The van der Waals surface area contributed by atoms with Crippen LogP contribution in [-0.4, -0.2) is 47.5 Å². The van der Waals surface area contributed by atoms with Crippen LogP contribution >= 0.6 is 12.4 Å². The Morgan fingerprint density at radius 1 is 1.05 bits per heavy atom. The zero-order chi connectivity index (χ0) is 16.5. The van der Waals surface area contributed by atoms with E-state index in [0.717, 1.165) is 6.26 Å². The van der Waals surface area contributed by atoms with Crippen LogP contribution in [0.4, 0.5) is 0 Å². The molecule has 0 aromatic heterocycles. The maximum absolute atomic E-state index is 12.4. The van der Waals surface area contributed by atoms with Crippen molar-refractivity contribution >= 4 is 32.3 Å². The third-order valence-corrected chi connectivity index (χ3v) is 6.11. The smallest absolute Gasteiger partial charge is 0.242 e. The molecular formula is C13H23ClN2O4S2. The lowest BCUT2D eigenvalue weighted by Gasteiger charge is -2.28. The molecule has 0 unspecified atom stereocenters. The SMILES string of the molecule is CN(CC(C)(C)CN)S(=O)(=O)c1ccc(S(C)(=O)=O)cc1.Cl. The molecule has 22 heavy (non-hydrogen) atoms. The van der Waals surface area contributed by atoms with E-state index in [1.54, 1.807) is 0 Å². The van der Waals surface area contributed by atoms with E-state index in [-0.39, 0.29) is 34.2 Å². The first-order valence-electron chi connectivity index (χ1n) is 6.37. The van der Waals surface area contributed by atoms with Crippen LogP contribution in [0.5, 0.6) is 0 Å². The van der Waals surface area contributed by atoms with Crippen molar-refractivity contribution in [3.63, 3.8) is 0 Å². The summed E-state index contributed by atoms with van der Waals surface area (Å²) in [5, 5.41) is 0. The van der Waals surface area contributed by atoms with Gasteiger partial charge in [0, 0.05) is 19.8 Å². The van der Waals surface area contributed by atoms with Crippen molar-refractivity contribution in [2.75, 3.05) is 26.4 Å². The summed E-state index contributed by atoms with van der Waals surface area (Å²) in [6.45, 7) is 4.40. The number of nitrogens with two attached hydrogens (primary N) is 1. The Hall–Kier alpha value is -0.670. The summed E-state index contributed by atoms with van der Waals surface area (Å²) >= 11 is 0. The third kappa shape index (κ3) is 5.20. The van der Waals surface area contributed by atoms with Crippen LogP contribution < -0.4 is 5.73 Å². The van der Waals surface area contributed by atoms with Crippen LogP contribution in [0, 0.1) is 5.41 Å². The molecule has 0 atom stereocenters. The molecule has 6 nitrogen and oxygen atoms in total. The van der Waals surface area contributed by atoms with E-state index < -0.39 is 19.9 Å². The first kappa shape index (κ1) is 21.3. The Balaban J connectivity index is 0.00000441. The number of halogens is 1. The van der Waals surface area contributed by atoms with E-state index >= 15 is 0 Å². The lowest BCUT2D eigenvalue weighted by atomic mass is 9.94. The standard InChI is InChI=1S/C13H22N2O4S2.ClH/c1-13(2,9-14)10-15(3)21(18,19)12-7-5-11(6-8-12)20(4,16)17;/h5-8H,9-10,14H2,1-4H3;1H. The number of hydrogen-bond donors (Lipinski definition) is 1. The second-order valence-electron chi connectivity index (χ2n) is 5.87. The summed E-state index contributed by atoms with van der Waals surface area (Å²) in [4.78, 5) is 0.150. The van der Waals surface area contributed by atoms with Gasteiger partial charge in [-0.25, -0.2) is 21.1 Å². The topological polar surface area (TPSA) is 97.5 Å². The quantitative estimate of drug-likeness (QED) is 0.809. The van der Waals surface area contributed by atoms with Crippen LogP contribution in [0.2, 0.25) is 0 Å². The van der Waals surface area contributed by atoms with Crippen molar-refractivity contribution in [1.82, 2.24) is 4.31 Å². The minimum absolute atomic E-state index is 0. The van der Waals surface area contributed by atoms with Crippen molar-refractivity contribution < 1.29 is 16.8 Å². The van der Waals surface area contributed by atoms with Gasteiger partial charge in [0.25, 0.3) is 0 Å². The van der Waals surface area contributed by atoms with Gasteiger partial charge in [0.2, 0.25) is 10.0 Å². The van der Waals surface area contributed by atoms with Crippen molar-refractivity contribution in [3.8, 4) is 0 Å². The molecule has 1 aromatic rings. The fourth-order valence-corrected chi connectivity index (χ4v) is 3.78. The molecule has 1 rings (SSSR count). The summed E-state index contributed by atoms with van der Waals surface area (Å²) in [7, 11) is -5.52. The van der Waals surface area contributed by atoms with Crippen LogP contribution in [0.1, 0.15) is 13.8 Å². The lowest BCUT2D eigenvalue weighted by Crippen LogP contribution is -2.39. The molecule has 128 valence electrons. The number of hydrogen-bond acceptors (Lipinski definition) is 5.